The van der Waals surface area contributed by atoms with Crippen molar-refractivity contribution in [3.63, 3.8) is 0 Å². The van der Waals surface area contributed by atoms with Crippen LogP contribution in [0.3, 0.4) is 0 Å². The quantitative estimate of drug-likeness (QED) is 0.582. The van der Waals surface area contributed by atoms with Crippen LogP contribution in [0.25, 0.3) is 0 Å². The van der Waals surface area contributed by atoms with Crippen LogP contribution in [0.5, 0.6) is 0 Å². The molecule has 0 fully saturated rings. The fourth-order valence-electron chi connectivity index (χ4n) is 1.51. The Balaban J connectivity index is 2.83. The van der Waals surface area contributed by atoms with Gasteiger partial charge in [-0.3, -0.25) is 15.6 Å². The van der Waals surface area contributed by atoms with Crippen molar-refractivity contribution in [1.29, 1.82) is 0 Å². The topological polar surface area (TPSA) is 74.5 Å². The minimum absolute atomic E-state index is 0.0858. The van der Waals surface area contributed by atoms with Crippen LogP contribution in [0.2, 0.25) is 0 Å². The van der Waals surface area contributed by atoms with E-state index < -0.39 is 0 Å². The molecule has 18 heavy (non-hydrogen) atoms. The summed E-state index contributed by atoms with van der Waals surface area (Å²) in [6, 6.07) is 1.76. The second-order valence-corrected chi connectivity index (χ2v) is 4.55. The third-order valence-electron chi connectivity index (χ3n) is 2.66. The molecular formula is C12H21N5O. The number of hydrogen-bond donors (Lipinski definition) is 2. The van der Waals surface area contributed by atoms with Gasteiger partial charge in [0.1, 0.15) is 0 Å². The molecule has 0 aliphatic carbocycles. The summed E-state index contributed by atoms with van der Waals surface area (Å²) in [4.78, 5) is 20.0. The Kier molecular flexibility index (Phi) is 5.06. The molecule has 0 atom stereocenters. The van der Waals surface area contributed by atoms with E-state index in [1.165, 1.54) is 0 Å². The van der Waals surface area contributed by atoms with Crippen LogP contribution in [0, 0.1) is 6.92 Å². The number of anilines is 1. The standard InChI is InChI=1S/C12H21N5O/c1-9-7-11(15-13)10(8-14-9)12(18)17(4)6-5-16(2)3/h7-8H,5-6,13H2,1-4H3,(H,14,15). The van der Waals surface area contributed by atoms with E-state index in [1.54, 1.807) is 24.2 Å². The summed E-state index contributed by atoms with van der Waals surface area (Å²) in [7, 11) is 5.71. The van der Waals surface area contributed by atoms with E-state index in [-0.39, 0.29) is 5.91 Å². The first-order valence-corrected chi connectivity index (χ1v) is 5.79. The predicted molar refractivity (Wildman–Crippen MR) is 72.3 cm³/mol. The number of likely N-dealkylation sites (N-methyl/N-ethyl adjacent to an activating group) is 2. The molecule has 1 heterocycles. The maximum Gasteiger partial charge on any atom is 0.257 e. The van der Waals surface area contributed by atoms with Gasteiger partial charge < -0.3 is 15.2 Å². The fourth-order valence-corrected chi connectivity index (χ4v) is 1.51. The first-order valence-electron chi connectivity index (χ1n) is 5.79. The number of amides is 1. The average molecular weight is 251 g/mol. The van der Waals surface area contributed by atoms with Crippen molar-refractivity contribution in [2.75, 3.05) is 39.7 Å². The Hall–Kier alpha value is -1.66. The van der Waals surface area contributed by atoms with Crippen molar-refractivity contribution in [2.45, 2.75) is 6.92 Å². The van der Waals surface area contributed by atoms with Gasteiger partial charge in [0.25, 0.3) is 5.91 Å². The maximum absolute atomic E-state index is 12.2. The van der Waals surface area contributed by atoms with Gasteiger partial charge in [0, 0.05) is 32.0 Å². The van der Waals surface area contributed by atoms with Gasteiger partial charge in [-0.15, -0.1) is 0 Å². The second-order valence-electron chi connectivity index (χ2n) is 4.55. The number of nitrogens with two attached hydrogens (primary N) is 1. The molecule has 0 saturated carbocycles. The normalized spacial score (nSPS) is 10.6. The Morgan fingerprint density at radius 2 is 2.06 bits per heavy atom. The van der Waals surface area contributed by atoms with Crippen LogP contribution in [0.1, 0.15) is 16.1 Å². The van der Waals surface area contributed by atoms with E-state index in [0.717, 1.165) is 12.2 Å². The minimum atomic E-state index is -0.0858. The molecule has 1 amide bonds. The molecule has 0 spiro atoms. The van der Waals surface area contributed by atoms with E-state index in [2.05, 4.69) is 10.4 Å². The molecule has 0 aliphatic heterocycles. The van der Waals surface area contributed by atoms with E-state index in [1.807, 2.05) is 25.9 Å². The summed E-state index contributed by atoms with van der Waals surface area (Å²) < 4.78 is 0. The van der Waals surface area contributed by atoms with Crippen LogP contribution in [0.4, 0.5) is 5.69 Å². The zero-order valence-electron chi connectivity index (χ0n) is 11.4. The van der Waals surface area contributed by atoms with Crippen LogP contribution in [-0.2, 0) is 0 Å². The van der Waals surface area contributed by atoms with Gasteiger partial charge in [0.15, 0.2) is 0 Å². The van der Waals surface area contributed by atoms with E-state index in [9.17, 15) is 4.79 Å². The number of rotatable bonds is 5. The largest absolute Gasteiger partial charge is 0.340 e. The second kappa shape index (κ2) is 6.32. The summed E-state index contributed by atoms with van der Waals surface area (Å²) in [5.41, 5.74) is 4.45. The van der Waals surface area contributed by atoms with E-state index in [0.29, 0.717) is 17.8 Å². The van der Waals surface area contributed by atoms with E-state index in [4.69, 9.17) is 5.84 Å². The highest BCUT2D eigenvalue weighted by molar-refractivity contribution is 5.99. The molecule has 0 bridgehead atoms. The van der Waals surface area contributed by atoms with Crippen molar-refractivity contribution >= 4 is 11.6 Å². The van der Waals surface area contributed by atoms with E-state index >= 15 is 0 Å². The SMILES string of the molecule is Cc1cc(NN)c(C(=O)N(C)CCN(C)C)cn1. The summed E-state index contributed by atoms with van der Waals surface area (Å²) in [6.45, 7) is 3.32. The molecule has 1 aromatic heterocycles. The van der Waals surface area contributed by atoms with Gasteiger partial charge in [0.05, 0.1) is 11.3 Å². The highest BCUT2D eigenvalue weighted by Crippen LogP contribution is 2.16. The van der Waals surface area contributed by atoms with Gasteiger partial charge in [0.2, 0.25) is 0 Å². The number of pyridine rings is 1. The third kappa shape index (κ3) is 3.68. The van der Waals surface area contributed by atoms with Crippen molar-refractivity contribution in [3.8, 4) is 0 Å². The lowest BCUT2D eigenvalue weighted by molar-refractivity contribution is 0.0787. The van der Waals surface area contributed by atoms with Gasteiger partial charge >= 0.3 is 0 Å². The predicted octanol–water partition coefficient (Wildman–Crippen LogP) is 0.309. The van der Waals surface area contributed by atoms with Gasteiger partial charge in [-0.25, -0.2) is 0 Å². The molecular weight excluding hydrogens is 230 g/mol. The first kappa shape index (κ1) is 14.4. The number of nitrogens with one attached hydrogen (secondary N) is 1. The van der Waals surface area contributed by atoms with Crippen LogP contribution in [0.15, 0.2) is 12.3 Å². The van der Waals surface area contributed by atoms with Crippen LogP contribution >= 0.6 is 0 Å². The summed E-state index contributed by atoms with van der Waals surface area (Å²) >= 11 is 0. The number of aromatic nitrogens is 1. The van der Waals surface area contributed by atoms with Crippen molar-refractivity contribution in [1.82, 2.24) is 14.8 Å². The lowest BCUT2D eigenvalue weighted by Crippen LogP contribution is -2.34. The first-order chi connectivity index (χ1) is 8.45. The number of carbonyl (C=O) groups is 1. The molecule has 0 aliphatic rings. The van der Waals surface area contributed by atoms with Crippen molar-refractivity contribution in [3.05, 3.63) is 23.5 Å². The number of aryl methyl sites for hydroxylation is 1. The molecule has 1 aromatic rings. The third-order valence-corrected chi connectivity index (χ3v) is 2.66. The maximum atomic E-state index is 12.2. The van der Waals surface area contributed by atoms with Gasteiger partial charge in [-0.1, -0.05) is 0 Å². The Morgan fingerprint density at radius 1 is 1.39 bits per heavy atom. The molecule has 0 aromatic carbocycles. The number of hydrogen-bond acceptors (Lipinski definition) is 5. The highest BCUT2D eigenvalue weighted by Gasteiger charge is 2.16. The Bertz CT molecular complexity index is 419. The van der Waals surface area contributed by atoms with Gasteiger partial charge in [-0.2, -0.15) is 0 Å². The number of hydrazine groups is 1. The molecule has 6 heteroatoms. The summed E-state index contributed by atoms with van der Waals surface area (Å²) in [6.07, 6.45) is 1.55. The highest BCUT2D eigenvalue weighted by atomic mass is 16.2. The molecule has 6 nitrogen and oxygen atoms in total. The number of carbonyl (C=O) groups excluding carboxylic acids is 1. The average Bonchev–Trinajstić information content (AvgIpc) is 2.34. The Labute approximate surface area is 108 Å². The Morgan fingerprint density at radius 3 is 2.61 bits per heavy atom. The monoisotopic (exact) mass is 251 g/mol. The molecule has 100 valence electrons. The van der Waals surface area contributed by atoms with Gasteiger partial charge in [-0.05, 0) is 27.1 Å². The number of nitrogens with zero attached hydrogens (tertiary/aromatic N) is 3. The molecule has 1 rings (SSSR count). The molecule has 0 unspecified atom stereocenters. The zero-order chi connectivity index (χ0) is 13.7. The minimum Gasteiger partial charge on any atom is -0.340 e. The molecule has 0 radical (unpaired) electrons. The van der Waals surface area contributed by atoms with Crippen LogP contribution in [-0.4, -0.2) is 54.9 Å². The smallest absolute Gasteiger partial charge is 0.257 e. The lowest BCUT2D eigenvalue weighted by Gasteiger charge is -2.20. The number of nitrogen functional groups attached to an aromatic ring is 1. The fraction of sp³-hybridized carbons (Fsp3) is 0.500. The summed E-state index contributed by atoms with van der Waals surface area (Å²) in [5.74, 6) is 5.34. The lowest BCUT2D eigenvalue weighted by atomic mass is 10.2. The summed E-state index contributed by atoms with van der Waals surface area (Å²) in [5, 5.41) is 0. The van der Waals surface area contributed by atoms with Crippen molar-refractivity contribution in [2.24, 2.45) is 5.84 Å². The van der Waals surface area contributed by atoms with Crippen LogP contribution < -0.4 is 11.3 Å². The molecule has 0 saturated heterocycles. The van der Waals surface area contributed by atoms with Crippen molar-refractivity contribution < 1.29 is 4.79 Å². The zero-order valence-corrected chi connectivity index (χ0v) is 11.4. The molecule has 3 N–H and O–H groups in total.